The SMILES string of the molecule is CCOC(=O)C1=C(C(=O)OCC)N(c2ccccc2)CN(c2ccccc2)C1. The summed E-state index contributed by atoms with van der Waals surface area (Å²) in [6, 6.07) is 19.3. The molecular weight excluding hydrogens is 356 g/mol. The normalized spacial score (nSPS) is 14.1. The van der Waals surface area contributed by atoms with Crippen molar-refractivity contribution in [1.82, 2.24) is 0 Å². The van der Waals surface area contributed by atoms with Crippen molar-refractivity contribution in [2.24, 2.45) is 0 Å². The maximum atomic E-state index is 12.8. The van der Waals surface area contributed by atoms with Gasteiger partial charge in [0.2, 0.25) is 0 Å². The second-order valence-electron chi connectivity index (χ2n) is 6.21. The molecule has 6 heteroatoms. The van der Waals surface area contributed by atoms with E-state index in [2.05, 4.69) is 0 Å². The predicted molar refractivity (Wildman–Crippen MR) is 108 cm³/mol. The van der Waals surface area contributed by atoms with Crippen molar-refractivity contribution in [3.63, 3.8) is 0 Å². The number of carbonyl (C=O) groups excluding carboxylic acids is 2. The van der Waals surface area contributed by atoms with E-state index in [1.165, 1.54) is 0 Å². The smallest absolute Gasteiger partial charge is 0.355 e. The number of rotatable bonds is 6. The number of anilines is 2. The molecule has 0 radical (unpaired) electrons. The highest BCUT2D eigenvalue weighted by Crippen LogP contribution is 2.30. The van der Waals surface area contributed by atoms with Crippen molar-refractivity contribution in [1.29, 1.82) is 0 Å². The summed E-state index contributed by atoms with van der Waals surface area (Å²) >= 11 is 0. The minimum Gasteiger partial charge on any atom is -0.463 e. The maximum Gasteiger partial charge on any atom is 0.355 e. The van der Waals surface area contributed by atoms with Crippen molar-refractivity contribution in [3.05, 3.63) is 71.9 Å². The zero-order chi connectivity index (χ0) is 19.9. The van der Waals surface area contributed by atoms with Gasteiger partial charge in [-0.25, -0.2) is 9.59 Å². The van der Waals surface area contributed by atoms with Gasteiger partial charge in [-0.2, -0.15) is 0 Å². The first kappa shape index (κ1) is 19.5. The number of hydrogen-bond acceptors (Lipinski definition) is 6. The molecule has 1 aliphatic rings. The van der Waals surface area contributed by atoms with Crippen LogP contribution < -0.4 is 9.80 Å². The molecule has 2 aromatic rings. The van der Waals surface area contributed by atoms with Gasteiger partial charge in [-0.05, 0) is 38.1 Å². The summed E-state index contributed by atoms with van der Waals surface area (Å²) in [5.74, 6) is -1.03. The molecule has 0 aliphatic carbocycles. The van der Waals surface area contributed by atoms with Crippen LogP contribution in [0.2, 0.25) is 0 Å². The molecule has 1 aliphatic heterocycles. The lowest BCUT2D eigenvalue weighted by molar-refractivity contribution is -0.142. The molecule has 0 unspecified atom stereocenters. The van der Waals surface area contributed by atoms with E-state index < -0.39 is 11.9 Å². The number of esters is 2. The highest BCUT2D eigenvalue weighted by molar-refractivity contribution is 6.04. The van der Waals surface area contributed by atoms with Gasteiger partial charge in [-0.1, -0.05) is 36.4 Å². The number of carbonyl (C=O) groups is 2. The van der Waals surface area contributed by atoms with Gasteiger partial charge >= 0.3 is 11.9 Å². The Bertz CT molecular complexity index is 849. The molecule has 0 saturated carbocycles. The van der Waals surface area contributed by atoms with E-state index in [0.717, 1.165) is 11.4 Å². The van der Waals surface area contributed by atoms with Gasteiger partial charge < -0.3 is 19.3 Å². The van der Waals surface area contributed by atoms with Crippen LogP contribution in [0.15, 0.2) is 71.9 Å². The third-order valence-electron chi connectivity index (χ3n) is 4.40. The molecule has 146 valence electrons. The van der Waals surface area contributed by atoms with E-state index in [0.29, 0.717) is 12.2 Å². The topological polar surface area (TPSA) is 59.1 Å². The van der Waals surface area contributed by atoms with Gasteiger partial charge in [0, 0.05) is 11.4 Å². The van der Waals surface area contributed by atoms with E-state index in [1.807, 2.05) is 65.6 Å². The molecule has 0 saturated heterocycles. The van der Waals surface area contributed by atoms with E-state index >= 15 is 0 Å². The summed E-state index contributed by atoms with van der Waals surface area (Å²) in [5, 5.41) is 0. The maximum absolute atomic E-state index is 12.8. The molecule has 6 nitrogen and oxygen atoms in total. The Hall–Kier alpha value is -3.28. The van der Waals surface area contributed by atoms with Crippen molar-refractivity contribution >= 4 is 23.3 Å². The number of benzene rings is 2. The second kappa shape index (κ2) is 9.08. The molecule has 0 amide bonds. The summed E-state index contributed by atoms with van der Waals surface area (Å²) in [4.78, 5) is 29.4. The average molecular weight is 380 g/mol. The molecule has 0 spiro atoms. The van der Waals surface area contributed by atoms with Crippen LogP contribution in [0.4, 0.5) is 11.4 Å². The van der Waals surface area contributed by atoms with Crippen LogP contribution in [-0.2, 0) is 19.1 Å². The predicted octanol–water partition coefficient (Wildman–Crippen LogP) is 3.35. The molecule has 3 rings (SSSR count). The van der Waals surface area contributed by atoms with E-state index in [9.17, 15) is 9.59 Å². The molecule has 0 bridgehead atoms. The van der Waals surface area contributed by atoms with Crippen LogP contribution in [-0.4, -0.2) is 38.4 Å². The number of para-hydroxylation sites is 2. The van der Waals surface area contributed by atoms with Gasteiger partial charge in [0.1, 0.15) is 5.70 Å². The summed E-state index contributed by atoms with van der Waals surface area (Å²) in [6.45, 7) is 4.62. The third kappa shape index (κ3) is 4.17. The second-order valence-corrected chi connectivity index (χ2v) is 6.21. The van der Waals surface area contributed by atoms with E-state index in [4.69, 9.17) is 9.47 Å². The van der Waals surface area contributed by atoms with E-state index in [-0.39, 0.29) is 25.5 Å². The zero-order valence-corrected chi connectivity index (χ0v) is 16.1. The largest absolute Gasteiger partial charge is 0.463 e. The molecule has 1 heterocycles. The van der Waals surface area contributed by atoms with Gasteiger partial charge in [-0.15, -0.1) is 0 Å². The van der Waals surface area contributed by atoms with Crippen LogP contribution in [0.5, 0.6) is 0 Å². The molecule has 0 aromatic heterocycles. The van der Waals surface area contributed by atoms with Crippen molar-refractivity contribution in [2.75, 3.05) is 36.2 Å². The molecule has 0 N–H and O–H groups in total. The molecular formula is C22H24N2O4. The molecule has 0 atom stereocenters. The fraction of sp³-hybridized carbons (Fsp3) is 0.273. The Balaban J connectivity index is 2.12. The summed E-state index contributed by atoms with van der Waals surface area (Å²) in [6.07, 6.45) is 0. The fourth-order valence-corrected chi connectivity index (χ4v) is 3.16. The summed E-state index contributed by atoms with van der Waals surface area (Å²) in [7, 11) is 0. The lowest BCUT2D eigenvalue weighted by Gasteiger charge is -2.39. The summed E-state index contributed by atoms with van der Waals surface area (Å²) < 4.78 is 10.5. The van der Waals surface area contributed by atoms with Crippen LogP contribution >= 0.6 is 0 Å². The number of ether oxygens (including phenoxy) is 2. The first-order chi connectivity index (χ1) is 13.7. The number of hydrogen-bond donors (Lipinski definition) is 0. The minimum atomic E-state index is -0.526. The minimum absolute atomic E-state index is 0.226. The fourth-order valence-electron chi connectivity index (χ4n) is 3.16. The van der Waals surface area contributed by atoms with Gasteiger partial charge in [0.15, 0.2) is 0 Å². The zero-order valence-electron chi connectivity index (χ0n) is 16.1. The molecule has 28 heavy (non-hydrogen) atoms. The van der Waals surface area contributed by atoms with Gasteiger partial charge in [-0.3, -0.25) is 0 Å². The lowest BCUT2D eigenvalue weighted by atomic mass is 10.1. The highest BCUT2D eigenvalue weighted by atomic mass is 16.5. The Morgan fingerprint density at radius 3 is 1.93 bits per heavy atom. The summed E-state index contributed by atoms with van der Waals surface area (Å²) in [5.41, 5.74) is 2.28. The monoisotopic (exact) mass is 380 g/mol. The van der Waals surface area contributed by atoms with Crippen LogP contribution in [0.1, 0.15) is 13.8 Å². The lowest BCUT2D eigenvalue weighted by Crippen LogP contribution is -2.48. The first-order valence-corrected chi connectivity index (χ1v) is 9.35. The Morgan fingerprint density at radius 1 is 0.821 bits per heavy atom. The Morgan fingerprint density at radius 2 is 1.36 bits per heavy atom. The highest BCUT2D eigenvalue weighted by Gasteiger charge is 2.35. The Labute approximate surface area is 165 Å². The van der Waals surface area contributed by atoms with Crippen LogP contribution in [0.25, 0.3) is 0 Å². The number of nitrogens with zero attached hydrogens (tertiary/aromatic N) is 2. The van der Waals surface area contributed by atoms with Crippen molar-refractivity contribution in [3.8, 4) is 0 Å². The van der Waals surface area contributed by atoms with Crippen LogP contribution in [0.3, 0.4) is 0 Å². The molecule has 2 aromatic carbocycles. The first-order valence-electron chi connectivity index (χ1n) is 9.35. The molecule has 0 fully saturated rings. The van der Waals surface area contributed by atoms with Crippen LogP contribution in [0, 0.1) is 0 Å². The van der Waals surface area contributed by atoms with Gasteiger partial charge in [0.25, 0.3) is 0 Å². The quantitative estimate of drug-likeness (QED) is 0.717. The third-order valence-corrected chi connectivity index (χ3v) is 4.40. The van der Waals surface area contributed by atoms with Crippen molar-refractivity contribution in [2.45, 2.75) is 13.8 Å². The van der Waals surface area contributed by atoms with Crippen molar-refractivity contribution < 1.29 is 19.1 Å². The average Bonchev–Trinajstić information content (AvgIpc) is 2.74. The van der Waals surface area contributed by atoms with Gasteiger partial charge in [0.05, 0.1) is 32.0 Å². The Kier molecular flexibility index (Phi) is 6.32. The van der Waals surface area contributed by atoms with E-state index in [1.54, 1.807) is 18.7 Å². The standard InChI is InChI=1S/C22H24N2O4/c1-3-27-21(25)19-15-23(17-11-7-5-8-12-17)16-24(18-13-9-6-10-14-18)20(19)22(26)28-4-2/h5-14H,3-4,15-16H2,1-2H3.